The molecule has 0 aromatic carbocycles. The van der Waals surface area contributed by atoms with Crippen LogP contribution in [-0.2, 0) is 12.8 Å². The van der Waals surface area contributed by atoms with Crippen molar-refractivity contribution in [3.05, 3.63) is 35.3 Å². The number of hydrogen-bond acceptors (Lipinski definition) is 4. The Balaban J connectivity index is 2.13. The van der Waals surface area contributed by atoms with Crippen molar-refractivity contribution in [3.63, 3.8) is 0 Å². The van der Waals surface area contributed by atoms with Crippen molar-refractivity contribution in [1.29, 1.82) is 0 Å². The van der Waals surface area contributed by atoms with Crippen LogP contribution in [0.4, 0.5) is 5.82 Å². The van der Waals surface area contributed by atoms with Gasteiger partial charge in [0.05, 0.1) is 0 Å². The van der Waals surface area contributed by atoms with Crippen molar-refractivity contribution in [3.8, 4) is 11.4 Å². The molecule has 19 heavy (non-hydrogen) atoms. The summed E-state index contributed by atoms with van der Waals surface area (Å²) in [6.45, 7) is 5.03. The number of nitrogens with one attached hydrogen (secondary N) is 1. The summed E-state index contributed by atoms with van der Waals surface area (Å²) in [5.74, 6) is 1.83. The first-order chi connectivity index (χ1) is 9.29. The molecule has 0 spiro atoms. The molecule has 2 heterocycles. The number of pyridine rings is 1. The lowest BCUT2D eigenvalue weighted by Gasteiger charge is -2.11. The Morgan fingerprint density at radius 3 is 2.95 bits per heavy atom. The van der Waals surface area contributed by atoms with Crippen LogP contribution in [0.3, 0.4) is 0 Å². The third kappa shape index (κ3) is 2.18. The predicted octanol–water partition coefficient (Wildman–Crippen LogP) is 2.77. The van der Waals surface area contributed by atoms with E-state index in [4.69, 9.17) is 9.97 Å². The van der Waals surface area contributed by atoms with Gasteiger partial charge in [-0.25, -0.2) is 9.97 Å². The molecule has 3 rings (SSSR count). The van der Waals surface area contributed by atoms with E-state index in [2.05, 4.69) is 17.2 Å². The largest absolute Gasteiger partial charge is 0.370 e. The predicted molar refractivity (Wildman–Crippen MR) is 76.2 cm³/mol. The average molecular weight is 254 g/mol. The summed E-state index contributed by atoms with van der Waals surface area (Å²) in [5.41, 5.74) is 4.70. The van der Waals surface area contributed by atoms with Crippen molar-refractivity contribution in [2.24, 2.45) is 0 Å². The zero-order valence-corrected chi connectivity index (χ0v) is 11.4. The average Bonchev–Trinajstić information content (AvgIpc) is 2.88. The maximum Gasteiger partial charge on any atom is 0.162 e. The first kappa shape index (κ1) is 12.1. The number of fused-ring (bicyclic) bond motifs is 1. The second-order valence-electron chi connectivity index (χ2n) is 4.90. The lowest BCUT2D eigenvalue weighted by Crippen LogP contribution is -2.07. The molecule has 0 saturated carbocycles. The van der Waals surface area contributed by atoms with Crippen LogP contribution >= 0.6 is 0 Å². The molecule has 0 atom stereocenters. The SMILES string of the molecule is CCNc1nc(-c2ccncc2C)nc2c1CCC2. The normalized spacial score (nSPS) is 13.4. The maximum absolute atomic E-state index is 4.75. The molecule has 4 nitrogen and oxygen atoms in total. The number of nitrogens with zero attached hydrogens (tertiary/aromatic N) is 3. The van der Waals surface area contributed by atoms with Crippen LogP contribution < -0.4 is 5.32 Å². The number of aromatic nitrogens is 3. The van der Waals surface area contributed by atoms with Gasteiger partial charge in [0.2, 0.25) is 0 Å². The van der Waals surface area contributed by atoms with Gasteiger partial charge in [-0.1, -0.05) is 0 Å². The monoisotopic (exact) mass is 254 g/mol. The lowest BCUT2D eigenvalue weighted by atomic mass is 10.1. The third-order valence-corrected chi connectivity index (χ3v) is 3.54. The molecular weight excluding hydrogens is 236 g/mol. The summed E-state index contributed by atoms with van der Waals surface area (Å²) in [5, 5.41) is 3.37. The molecule has 98 valence electrons. The minimum atomic E-state index is 0.816. The molecule has 0 unspecified atom stereocenters. The minimum Gasteiger partial charge on any atom is -0.370 e. The summed E-state index contributed by atoms with van der Waals surface area (Å²) in [6, 6.07) is 1.99. The van der Waals surface area contributed by atoms with E-state index in [1.54, 1.807) is 6.20 Å². The van der Waals surface area contributed by atoms with Gasteiger partial charge in [-0.15, -0.1) is 0 Å². The Labute approximate surface area is 113 Å². The Morgan fingerprint density at radius 2 is 2.16 bits per heavy atom. The van der Waals surface area contributed by atoms with E-state index >= 15 is 0 Å². The third-order valence-electron chi connectivity index (χ3n) is 3.54. The number of aryl methyl sites for hydroxylation is 2. The summed E-state index contributed by atoms with van der Waals surface area (Å²) in [7, 11) is 0. The molecule has 2 aromatic rings. The highest BCUT2D eigenvalue weighted by atomic mass is 15.0. The summed E-state index contributed by atoms with van der Waals surface area (Å²) in [4.78, 5) is 13.6. The Morgan fingerprint density at radius 1 is 1.26 bits per heavy atom. The van der Waals surface area contributed by atoms with E-state index in [-0.39, 0.29) is 0 Å². The van der Waals surface area contributed by atoms with Crippen LogP contribution in [-0.4, -0.2) is 21.5 Å². The second kappa shape index (κ2) is 4.96. The molecule has 1 aliphatic carbocycles. The maximum atomic E-state index is 4.75. The second-order valence-corrected chi connectivity index (χ2v) is 4.90. The molecule has 4 heteroatoms. The summed E-state index contributed by atoms with van der Waals surface area (Å²) in [6.07, 6.45) is 6.99. The van der Waals surface area contributed by atoms with Crippen molar-refractivity contribution < 1.29 is 0 Å². The van der Waals surface area contributed by atoms with Gasteiger partial charge in [-0.3, -0.25) is 4.98 Å². The topological polar surface area (TPSA) is 50.7 Å². The highest BCUT2D eigenvalue weighted by Gasteiger charge is 2.19. The van der Waals surface area contributed by atoms with E-state index < -0.39 is 0 Å². The highest BCUT2D eigenvalue weighted by Crippen LogP contribution is 2.29. The molecule has 0 aliphatic heterocycles. The number of hydrogen-bond donors (Lipinski definition) is 1. The molecule has 1 N–H and O–H groups in total. The minimum absolute atomic E-state index is 0.816. The molecule has 1 aliphatic rings. The molecule has 0 radical (unpaired) electrons. The van der Waals surface area contributed by atoms with E-state index in [9.17, 15) is 0 Å². The molecule has 0 fully saturated rings. The van der Waals surface area contributed by atoms with Crippen LogP contribution in [0.2, 0.25) is 0 Å². The number of anilines is 1. The Bertz CT molecular complexity index is 607. The van der Waals surface area contributed by atoms with Gasteiger partial charge in [0, 0.05) is 35.8 Å². The van der Waals surface area contributed by atoms with Crippen LogP contribution in [0.1, 0.15) is 30.2 Å². The zero-order valence-electron chi connectivity index (χ0n) is 11.4. The highest BCUT2D eigenvalue weighted by molar-refractivity contribution is 5.63. The van der Waals surface area contributed by atoms with E-state index in [1.165, 1.54) is 17.7 Å². The molecular formula is C15H18N4. The fourth-order valence-electron chi connectivity index (χ4n) is 2.59. The van der Waals surface area contributed by atoms with Crippen LogP contribution in [0, 0.1) is 6.92 Å². The molecule has 0 amide bonds. The van der Waals surface area contributed by atoms with Crippen molar-refractivity contribution in [1.82, 2.24) is 15.0 Å². The van der Waals surface area contributed by atoms with Crippen molar-refractivity contribution in [2.75, 3.05) is 11.9 Å². The van der Waals surface area contributed by atoms with Gasteiger partial charge in [0.15, 0.2) is 5.82 Å². The molecule has 0 bridgehead atoms. The Kier molecular flexibility index (Phi) is 3.15. The van der Waals surface area contributed by atoms with E-state index in [0.29, 0.717) is 0 Å². The first-order valence-electron chi connectivity index (χ1n) is 6.84. The first-order valence-corrected chi connectivity index (χ1v) is 6.84. The quantitative estimate of drug-likeness (QED) is 0.915. The van der Waals surface area contributed by atoms with Crippen molar-refractivity contribution >= 4 is 5.82 Å². The van der Waals surface area contributed by atoms with Gasteiger partial charge in [0.1, 0.15) is 5.82 Å². The van der Waals surface area contributed by atoms with E-state index in [1.807, 2.05) is 19.2 Å². The van der Waals surface area contributed by atoms with Gasteiger partial charge >= 0.3 is 0 Å². The lowest BCUT2D eigenvalue weighted by molar-refractivity contribution is 0.899. The van der Waals surface area contributed by atoms with Crippen LogP contribution in [0.15, 0.2) is 18.5 Å². The van der Waals surface area contributed by atoms with E-state index in [0.717, 1.165) is 42.2 Å². The van der Waals surface area contributed by atoms with Crippen molar-refractivity contribution in [2.45, 2.75) is 33.1 Å². The fraction of sp³-hybridized carbons (Fsp3) is 0.400. The van der Waals surface area contributed by atoms with Gasteiger partial charge in [-0.2, -0.15) is 0 Å². The Hall–Kier alpha value is -1.97. The molecule has 2 aromatic heterocycles. The summed E-state index contributed by atoms with van der Waals surface area (Å²) < 4.78 is 0. The zero-order chi connectivity index (χ0) is 13.2. The summed E-state index contributed by atoms with van der Waals surface area (Å²) >= 11 is 0. The van der Waals surface area contributed by atoms with Crippen LogP contribution in [0.5, 0.6) is 0 Å². The smallest absolute Gasteiger partial charge is 0.162 e. The van der Waals surface area contributed by atoms with Gasteiger partial charge in [-0.05, 0) is 44.7 Å². The van der Waals surface area contributed by atoms with Gasteiger partial charge in [0.25, 0.3) is 0 Å². The fourth-order valence-corrected chi connectivity index (χ4v) is 2.59. The molecule has 0 saturated heterocycles. The van der Waals surface area contributed by atoms with Gasteiger partial charge < -0.3 is 5.32 Å². The number of rotatable bonds is 3. The van der Waals surface area contributed by atoms with Crippen LogP contribution in [0.25, 0.3) is 11.4 Å². The standard InChI is InChI=1S/C15H18N4/c1-3-17-14-12-5-4-6-13(12)18-15(19-14)11-7-8-16-9-10(11)2/h7-9H,3-6H2,1-2H3,(H,17,18,19).